The number of benzene rings is 1. The predicted molar refractivity (Wildman–Crippen MR) is 119 cm³/mol. The summed E-state index contributed by atoms with van der Waals surface area (Å²) in [6.45, 7) is 9.90. The molecule has 1 unspecified atom stereocenters. The molecule has 1 amide bonds. The Morgan fingerprint density at radius 1 is 1.10 bits per heavy atom. The van der Waals surface area contributed by atoms with Crippen molar-refractivity contribution in [3.05, 3.63) is 46.2 Å². The van der Waals surface area contributed by atoms with E-state index in [1.165, 1.54) is 10.4 Å². The van der Waals surface area contributed by atoms with Crippen LogP contribution in [-0.2, 0) is 11.2 Å². The third-order valence-electron chi connectivity index (χ3n) is 6.04. The topological polar surface area (TPSA) is 36.0 Å². The van der Waals surface area contributed by atoms with Gasteiger partial charge in [-0.25, -0.2) is 0 Å². The summed E-state index contributed by atoms with van der Waals surface area (Å²) in [4.78, 5) is 21.4. The van der Waals surface area contributed by atoms with E-state index in [0.29, 0.717) is 13.2 Å². The largest absolute Gasteiger partial charge is 0.492 e. The van der Waals surface area contributed by atoms with E-state index in [4.69, 9.17) is 4.74 Å². The molecule has 0 bridgehead atoms. The van der Waals surface area contributed by atoms with E-state index in [1.54, 1.807) is 0 Å². The number of hydrogen-bond acceptors (Lipinski definition) is 5. The first-order chi connectivity index (χ1) is 14.2. The average molecular weight is 414 g/mol. The third-order valence-corrected chi connectivity index (χ3v) is 7.04. The monoisotopic (exact) mass is 413 g/mol. The Morgan fingerprint density at radius 2 is 1.90 bits per heavy atom. The molecule has 0 radical (unpaired) electrons. The van der Waals surface area contributed by atoms with Gasteiger partial charge in [0.25, 0.3) is 0 Å². The zero-order valence-corrected chi connectivity index (χ0v) is 18.3. The maximum atomic E-state index is 13.1. The molecule has 0 spiro atoms. The molecular formula is C23H31N3O2S. The Bertz CT molecular complexity index is 829. The van der Waals surface area contributed by atoms with Crippen LogP contribution >= 0.6 is 11.3 Å². The molecule has 0 aliphatic carbocycles. The first-order valence-corrected chi connectivity index (χ1v) is 11.6. The Kier molecular flexibility index (Phi) is 6.40. The van der Waals surface area contributed by atoms with Crippen molar-refractivity contribution in [2.24, 2.45) is 0 Å². The number of amides is 1. The molecule has 2 aliphatic rings. The summed E-state index contributed by atoms with van der Waals surface area (Å²) < 4.78 is 5.79. The highest BCUT2D eigenvalue weighted by Crippen LogP contribution is 2.35. The molecule has 2 aromatic rings. The fourth-order valence-electron chi connectivity index (χ4n) is 4.56. The van der Waals surface area contributed by atoms with Crippen LogP contribution in [0.1, 0.15) is 36.8 Å². The lowest BCUT2D eigenvalue weighted by Gasteiger charge is -2.39. The first kappa shape index (κ1) is 20.2. The summed E-state index contributed by atoms with van der Waals surface area (Å²) in [5.41, 5.74) is 2.53. The van der Waals surface area contributed by atoms with Crippen molar-refractivity contribution >= 4 is 22.9 Å². The van der Waals surface area contributed by atoms with Gasteiger partial charge in [-0.05, 0) is 48.9 Å². The van der Waals surface area contributed by atoms with E-state index in [1.807, 2.05) is 30.4 Å². The van der Waals surface area contributed by atoms with Gasteiger partial charge in [0.15, 0.2) is 0 Å². The molecule has 1 aromatic heterocycles. The maximum absolute atomic E-state index is 13.1. The summed E-state index contributed by atoms with van der Waals surface area (Å²) in [6, 6.07) is 10.7. The first-order valence-electron chi connectivity index (χ1n) is 10.8. The maximum Gasteiger partial charge on any atom is 0.237 e. The smallest absolute Gasteiger partial charge is 0.237 e. The minimum atomic E-state index is 0.247. The van der Waals surface area contributed by atoms with Gasteiger partial charge in [0, 0.05) is 37.6 Å². The van der Waals surface area contributed by atoms with Crippen LogP contribution in [-0.4, -0.2) is 61.6 Å². The standard InChI is InChI=1S/C23H31N3O2S/c1-3-19-18-10-16-29-22(18)9-11-26(19)23(27)17-24-12-14-25(15-13-24)20-7-5-6-8-21(20)28-4-2/h5-8,10,16,19H,3-4,9,11-15,17H2,1-2H3. The number of rotatable bonds is 6. The fraction of sp³-hybridized carbons (Fsp3) is 0.522. The molecule has 1 aromatic carbocycles. The van der Waals surface area contributed by atoms with E-state index in [9.17, 15) is 4.79 Å². The zero-order chi connectivity index (χ0) is 20.2. The Morgan fingerprint density at radius 3 is 2.66 bits per heavy atom. The molecule has 0 saturated carbocycles. The highest BCUT2D eigenvalue weighted by atomic mass is 32.1. The van der Waals surface area contributed by atoms with Gasteiger partial charge in [-0.2, -0.15) is 0 Å². The van der Waals surface area contributed by atoms with Gasteiger partial charge >= 0.3 is 0 Å². The van der Waals surface area contributed by atoms with E-state index in [0.717, 1.165) is 57.0 Å². The fourth-order valence-corrected chi connectivity index (χ4v) is 5.49. The van der Waals surface area contributed by atoms with E-state index in [2.05, 4.69) is 45.2 Å². The molecule has 4 rings (SSSR count). The number of fused-ring (bicyclic) bond motifs is 1. The van der Waals surface area contributed by atoms with Crippen molar-refractivity contribution in [2.45, 2.75) is 32.7 Å². The Balaban J connectivity index is 1.35. The van der Waals surface area contributed by atoms with Crippen molar-refractivity contribution in [1.82, 2.24) is 9.80 Å². The SMILES string of the molecule is CCOc1ccccc1N1CCN(CC(=O)N2CCc3sccc3C2CC)CC1. The van der Waals surface area contributed by atoms with Crippen molar-refractivity contribution in [2.75, 3.05) is 50.8 Å². The molecule has 0 N–H and O–H groups in total. The number of anilines is 1. The molecule has 3 heterocycles. The second-order valence-corrected chi connectivity index (χ2v) is 8.72. The second-order valence-electron chi connectivity index (χ2n) is 7.72. The number of ether oxygens (including phenoxy) is 1. The molecule has 29 heavy (non-hydrogen) atoms. The lowest BCUT2D eigenvalue weighted by atomic mass is 9.97. The molecule has 1 atom stereocenters. The van der Waals surface area contributed by atoms with Crippen LogP contribution in [0.2, 0.25) is 0 Å². The van der Waals surface area contributed by atoms with E-state index in [-0.39, 0.29) is 11.9 Å². The lowest BCUT2D eigenvalue weighted by Crippen LogP contribution is -2.51. The van der Waals surface area contributed by atoms with Gasteiger partial charge in [-0.3, -0.25) is 9.69 Å². The number of piperazine rings is 1. The highest BCUT2D eigenvalue weighted by Gasteiger charge is 2.31. The van der Waals surface area contributed by atoms with Crippen LogP contribution in [0.25, 0.3) is 0 Å². The van der Waals surface area contributed by atoms with Crippen LogP contribution < -0.4 is 9.64 Å². The number of para-hydroxylation sites is 2. The molecule has 156 valence electrons. The zero-order valence-electron chi connectivity index (χ0n) is 17.5. The molecule has 1 saturated heterocycles. The highest BCUT2D eigenvalue weighted by molar-refractivity contribution is 7.10. The van der Waals surface area contributed by atoms with Crippen molar-refractivity contribution in [3.63, 3.8) is 0 Å². The molecule has 2 aliphatic heterocycles. The number of hydrogen-bond donors (Lipinski definition) is 0. The molecule has 6 heteroatoms. The Labute approximate surface area is 177 Å². The van der Waals surface area contributed by atoms with E-state index >= 15 is 0 Å². The minimum absolute atomic E-state index is 0.247. The van der Waals surface area contributed by atoms with Crippen LogP contribution in [0, 0.1) is 0 Å². The number of thiophene rings is 1. The van der Waals surface area contributed by atoms with E-state index < -0.39 is 0 Å². The van der Waals surface area contributed by atoms with Gasteiger partial charge in [-0.1, -0.05) is 19.1 Å². The van der Waals surface area contributed by atoms with Crippen molar-refractivity contribution in [3.8, 4) is 5.75 Å². The van der Waals surface area contributed by atoms with Crippen molar-refractivity contribution in [1.29, 1.82) is 0 Å². The Hall–Kier alpha value is -2.05. The van der Waals surface area contributed by atoms with Crippen LogP contribution in [0.5, 0.6) is 5.75 Å². The summed E-state index contributed by atoms with van der Waals surface area (Å²) in [5.74, 6) is 1.22. The average Bonchev–Trinajstić information content (AvgIpc) is 3.23. The number of carbonyl (C=O) groups is 1. The molecule has 1 fully saturated rings. The van der Waals surface area contributed by atoms with Gasteiger partial charge in [-0.15, -0.1) is 11.3 Å². The number of carbonyl (C=O) groups excluding carboxylic acids is 1. The van der Waals surface area contributed by atoms with Crippen molar-refractivity contribution < 1.29 is 9.53 Å². The van der Waals surface area contributed by atoms with Gasteiger partial charge in [0.1, 0.15) is 5.75 Å². The third kappa shape index (κ3) is 4.28. The summed E-state index contributed by atoms with van der Waals surface area (Å²) in [6.07, 6.45) is 1.98. The quantitative estimate of drug-likeness (QED) is 0.722. The van der Waals surface area contributed by atoms with Gasteiger partial charge in [0.2, 0.25) is 5.91 Å². The minimum Gasteiger partial charge on any atom is -0.492 e. The van der Waals surface area contributed by atoms with Crippen LogP contribution in [0.4, 0.5) is 5.69 Å². The van der Waals surface area contributed by atoms with Crippen LogP contribution in [0.3, 0.4) is 0 Å². The summed E-state index contributed by atoms with van der Waals surface area (Å²) >= 11 is 1.83. The van der Waals surface area contributed by atoms with Gasteiger partial charge < -0.3 is 14.5 Å². The lowest BCUT2D eigenvalue weighted by molar-refractivity contribution is -0.135. The normalized spacial score (nSPS) is 19.9. The second kappa shape index (κ2) is 9.18. The number of nitrogens with zero attached hydrogens (tertiary/aromatic N) is 3. The van der Waals surface area contributed by atoms with Crippen LogP contribution in [0.15, 0.2) is 35.7 Å². The predicted octanol–water partition coefficient (Wildman–Crippen LogP) is 3.80. The summed E-state index contributed by atoms with van der Waals surface area (Å²) in [5, 5.41) is 2.17. The summed E-state index contributed by atoms with van der Waals surface area (Å²) in [7, 11) is 0. The molecular weight excluding hydrogens is 382 g/mol. The van der Waals surface area contributed by atoms with Gasteiger partial charge in [0.05, 0.1) is 24.9 Å². The molecule has 5 nitrogen and oxygen atoms in total.